The van der Waals surface area contributed by atoms with Crippen LogP contribution in [0.1, 0.15) is 68.4 Å². The molecule has 3 unspecified atom stereocenters. The van der Waals surface area contributed by atoms with Crippen LogP contribution >= 0.6 is 11.3 Å². The average Bonchev–Trinajstić information content (AvgIpc) is 3.11. The predicted octanol–water partition coefficient (Wildman–Crippen LogP) is 3.30. The Bertz CT molecular complexity index is 620. The van der Waals surface area contributed by atoms with Crippen molar-refractivity contribution in [1.82, 2.24) is 9.88 Å². The first kappa shape index (κ1) is 16.4. The first-order valence-electron chi connectivity index (χ1n) is 8.30. The third-order valence-corrected chi connectivity index (χ3v) is 6.24. The summed E-state index contributed by atoms with van der Waals surface area (Å²) in [6, 6.07) is -0.632. The summed E-state index contributed by atoms with van der Waals surface area (Å²) in [4.78, 5) is 30.7. The van der Waals surface area contributed by atoms with Gasteiger partial charge in [-0.05, 0) is 25.2 Å². The van der Waals surface area contributed by atoms with E-state index in [-0.39, 0.29) is 17.4 Å². The van der Waals surface area contributed by atoms with Gasteiger partial charge in [0.15, 0.2) is 0 Å². The van der Waals surface area contributed by atoms with Crippen molar-refractivity contribution in [1.29, 1.82) is 0 Å². The third-order valence-electron chi connectivity index (χ3n) is 4.97. The maximum atomic E-state index is 13.0. The largest absolute Gasteiger partial charge is 0.480 e. The highest BCUT2D eigenvalue weighted by Crippen LogP contribution is 2.40. The number of amides is 1. The van der Waals surface area contributed by atoms with Gasteiger partial charge >= 0.3 is 5.97 Å². The van der Waals surface area contributed by atoms with Crippen LogP contribution in [0.2, 0.25) is 0 Å². The number of likely N-dealkylation sites (tertiary alicyclic amines) is 1. The molecule has 3 rings (SSSR count). The molecule has 23 heavy (non-hydrogen) atoms. The van der Waals surface area contributed by atoms with Crippen LogP contribution in [0.4, 0.5) is 0 Å². The molecule has 2 heterocycles. The number of carboxylic acids is 1. The fraction of sp³-hybridized carbons (Fsp3) is 0.706. The van der Waals surface area contributed by atoms with Crippen molar-refractivity contribution < 1.29 is 14.7 Å². The molecule has 0 spiro atoms. The first-order valence-corrected chi connectivity index (χ1v) is 9.18. The molecular formula is C17H24N2O3S. The van der Waals surface area contributed by atoms with Crippen LogP contribution in [0.5, 0.6) is 0 Å². The van der Waals surface area contributed by atoms with E-state index in [9.17, 15) is 14.7 Å². The van der Waals surface area contributed by atoms with E-state index in [1.54, 1.807) is 10.3 Å². The molecule has 1 saturated carbocycles. The summed E-state index contributed by atoms with van der Waals surface area (Å²) < 4.78 is 0. The molecule has 1 amide bonds. The van der Waals surface area contributed by atoms with Crippen molar-refractivity contribution in [3.05, 3.63) is 16.1 Å². The molecule has 0 bridgehead atoms. The van der Waals surface area contributed by atoms with E-state index in [2.05, 4.69) is 25.8 Å². The number of aromatic nitrogens is 1. The maximum Gasteiger partial charge on any atom is 0.326 e. The molecule has 1 aromatic rings. The van der Waals surface area contributed by atoms with Gasteiger partial charge in [-0.1, -0.05) is 33.6 Å². The molecule has 6 heteroatoms. The molecule has 1 aromatic heterocycles. The van der Waals surface area contributed by atoms with Crippen molar-refractivity contribution in [3.8, 4) is 0 Å². The van der Waals surface area contributed by atoms with Crippen LogP contribution in [-0.4, -0.2) is 39.0 Å². The Morgan fingerprint density at radius 1 is 1.30 bits per heavy atom. The van der Waals surface area contributed by atoms with E-state index < -0.39 is 12.0 Å². The Morgan fingerprint density at radius 3 is 2.61 bits per heavy atom. The highest BCUT2D eigenvalue weighted by atomic mass is 32.1. The number of hydrogen-bond acceptors (Lipinski definition) is 4. The number of fused-ring (bicyclic) bond motifs is 1. The molecule has 5 nitrogen and oxygen atoms in total. The lowest BCUT2D eigenvalue weighted by Crippen LogP contribution is -2.46. The summed E-state index contributed by atoms with van der Waals surface area (Å²) in [7, 11) is 0. The van der Waals surface area contributed by atoms with Crippen LogP contribution < -0.4 is 0 Å². The number of carbonyl (C=O) groups excluding carboxylic acids is 1. The molecule has 1 aliphatic heterocycles. The number of thiazole rings is 1. The standard InChI is InChI=1S/C17H24N2O3S/c1-17(2,3)16-18-11(9-23-16)14(20)19-12-7-5-4-6-10(12)8-13(19)15(21)22/h9-10,12-13H,4-8H2,1-3H3,(H,21,22). The number of carboxylic acid groups (broad SMARTS) is 1. The van der Waals surface area contributed by atoms with Crippen molar-refractivity contribution >= 4 is 23.2 Å². The van der Waals surface area contributed by atoms with Gasteiger partial charge in [0.2, 0.25) is 0 Å². The second-order valence-corrected chi connectivity index (χ2v) is 8.56. The van der Waals surface area contributed by atoms with E-state index >= 15 is 0 Å². The van der Waals surface area contributed by atoms with Crippen LogP contribution in [0.15, 0.2) is 5.38 Å². The van der Waals surface area contributed by atoms with Crippen molar-refractivity contribution in [2.45, 2.75) is 70.4 Å². The van der Waals surface area contributed by atoms with E-state index in [0.29, 0.717) is 18.0 Å². The highest BCUT2D eigenvalue weighted by molar-refractivity contribution is 7.10. The molecule has 2 fully saturated rings. The van der Waals surface area contributed by atoms with Gasteiger partial charge in [-0.25, -0.2) is 9.78 Å². The summed E-state index contributed by atoms with van der Waals surface area (Å²) in [6.45, 7) is 6.19. The van der Waals surface area contributed by atoms with Gasteiger partial charge < -0.3 is 10.0 Å². The lowest BCUT2D eigenvalue weighted by Gasteiger charge is -2.32. The predicted molar refractivity (Wildman–Crippen MR) is 88.8 cm³/mol. The van der Waals surface area contributed by atoms with Gasteiger partial charge in [0.05, 0.1) is 5.01 Å². The number of hydrogen-bond donors (Lipinski definition) is 1. The monoisotopic (exact) mass is 336 g/mol. The Morgan fingerprint density at radius 2 is 2.00 bits per heavy atom. The summed E-state index contributed by atoms with van der Waals surface area (Å²) in [5, 5.41) is 12.2. The van der Waals surface area contributed by atoms with E-state index in [4.69, 9.17) is 0 Å². The lowest BCUT2D eigenvalue weighted by molar-refractivity contribution is -0.141. The molecule has 1 saturated heterocycles. The van der Waals surface area contributed by atoms with Gasteiger partial charge in [-0.15, -0.1) is 11.3 Å². The number of nitrogens with zero attached hydrogens (tertiary/aromatic N) is 2. The number of rotatable bonds is 2. The molecule has 1 aliphatic carbocycles. The molecular weight excluding hydrogens is 312 g/mol. The van der Waals surface area contributed by atoms with Crippen molar-refractivity contribution in [2.75, 3.05) is 0 Å². The van der Waals surface area contributed by atoms with Gasteiger partial charge in [0, 0.05) is 16.8 Å². The van der Waals surface area contributed by atoms with Crippen molar-refractivity contribution in [2.24, 2.45) is 5.92 Å². The van der Waals surface area contributed by atoms with Gasteiger partial charge in [-0.3, -0.25) is 4.79 Å². The minimum atomic E-state index is -0.890. The van der Waals surface area contributed by atoms with E-state index in [0.717, 1.165) is 30.7 Å². The molecule has 0 aromatic carbocycles. The van der Waals surface area contributed by atoms with Gasteiger partial charge in [-0.2, -0.15) is 0 Å². The van der Waals surface area contributed by atoms with Crippen LogP contribution in [0.3, 0.4) is 0 Å². The first-order chi connectivity index (χ1) is 10.8. The summed E-state index contributed by atoms with van der Waals surface area (Å²) in [5.74, 6) is -0.771. The van der Waals surface area contributed by atoms with E-state index in [1.165, 1.54) is 11.3 Å². The van der Waals surface area contributed by atoms with Crippen molar-refractivity contribution in [3.63, 3.8) is 0 Å². The fourth-order valence-electron chi connectivity index (χ4n) is 3.82. The normalized spacial score (nSPS) is 27.8. The van der Waals surface area contributed by atoms with Gasteiger partial charge in [0.1, 0.15) is 11.7 Å². The van der Waals surface area contributed by atoms with Crippen LogP contribution in [0.25, 0.3) is 0 Å². The van der Waals surface area contributed by atoms with Crippen LogP contribution in [0, 0.1) is 5.92 Å². The van der Waals surface area contributed by atoms with E-state index in [1.807, 2.05) is 0 Å². The summed E-state index contributed by atoms with van der Waals surface area (Å²) in [6.07, 6.45) is 4.74. The van der Waals surface area contributed by atoms with Gasteiger partial charge in [0.25, 0.3) is 5.91 Å². The summed E-state index contributed by atoms with van der Waals surface area (Å²) >= 11 is 1.48. The highest BCUT2D eigenvalue weighted by Gasteiger charge is 2.48. The minimum Gasteiger partial charge on any atom is -0.480 e. The Hall–Kier alpha value is -1.43. The number of carbonyl (C=O) groups is 2. The summed E-state index contributed by atoms with van der Waals surface area (Å²) in [5.41, 5.74) is 0.297. The zero-order valence-corrected chi connectivity index (χ0v) is 14.7. The lowest BCUT2D eigenvalue weighted by atomic mass is 9.84. The Labute approximate surface area is 140 Å². The third kappa shape index (κ3) is 3.01. The fourth-order valence-corrected chi connectivity index (χ4v) is 4.70. The molecule has 126 valence electrons. The zero-order valence-electron chi connectivity index (χ0n) is 13.9. The average molecular weight is 336 g/mol. The second-order valence-electron chi connectivity index (χ2n) is 7.70. The Kier molecular flexibility index (Phi) is 4.21. The molecule has 3 atom stereocenters. The smallest absolute Gasteiger partial charge is 0.326 e. The molecule has 2 aliphatic rings. The SMILES string of the molecule is CC(C)(C)c1nc(C(=O)N2C(C(=O)O)CC3CCCCC32)cs1. The molecule has 1 N–H and O–H groups in total. The van der Waals surface area contributed by atoms with Crippen LogP contribution in [-0.2, 0) is 10.2 Å². The Balaban J connectivity index is 1.89. The minimum absolute atomic E-state index is 0.0668. The maximum absolute atomic E-state index is 13.0. The topological polar surface area (TPSA) is 70.5 Å². The number of aliphatic carboxylic acids is 1. The molecule has 0 radical (unpaired) electrons. The quantitative estimate of drug-likeness (QED) is 0.899. The zero-order chi connectivity index (χ0) is 16.8. The second kappa shape index (κ2) is 5.89.